The molecule has 0 aliphatic rings. The molecule has 0 heterocycles. The molecule has 0 aliphatic heterocycles. The van der Waals surface area contributed by atoms with Crippen LogP contribution in [0.25, 0.3) is 0 Å². The molecular formula is C71H122O16P2. The Balaban J connectivity index is 4.55. The van der Waals surface area contributed by atoms with Crippen LogP contribution in [0.1, 0.15) is 265 Å². The first-order valence-corrected chi connectivity index (χ1v) is 37.2. The Labute approximate surface area is 539 Å². The van der Waals surface area contributed by atoms with Gasteiger partial charge in [-0.25, -0.2) is 9.13 Å². The number of aliphatic hydroxyl groups is 2. The zero-order valence-corrected chi connectivity index (χ0v) is 57.1. The van der Waals surface area contributed by atoms with Gasteiger partial charge in [-0.2, -0.15) is 0 Å². The monoisotopic (exact) mass is 1290 g/mol. The van der Waals surface area contributed by atoms with Crippen LogP contribution in [-0.2, 0) is 55.8 Å². The van der Waals surface area contributed by atoms with Gasteiger partial charge in [0, 0.05) is 19.3 Å². The first-order valence-electron chi connectivity index (χ1n) is 34.2. The largest absolute Gasteiger partial charge is 0.472 e. The fourth-order valence-corrected chi connectivity index (χ4v) is 10.3. The summed E-state index contributed by atoms with van der Waals surface area (Å²) in [5, 5.41) is 20.5. The van der Waals surface area contributed by atoms with E-state index in [4.69, 9.17) is 32.3 Å². The van der Waals surface area contributed by atoms with Crippen LogP contribution in [0.15, 0.2) is 109 Å². The van der Waals surface area contributed by atoms with Crippen molar-refractivity contribution >= 4 is 33.6 Å². The number of unbranched alkanes of at least 4 members (excludes halogenated alkanes) is 23. The molecule has 5 atom stereocenters. The third-order valence-electron chi connectivity index (χ3n) is 13.9. The number of ether oxygens (including phenoxy) is 3. The van der Waals surface area contributed by atoms with Gasteiger partial charge in [-0.1, -0.05) is 233 Å². The Morgan fingerprint density at radius 1 is 0.326 bits per heavy atom. The van der Waals surface area contributed by atoms with Gasteiger partial charge in [0.2, 0.25) is 0 Å². The minimum atomic E-state index is -4.93. The van der Waals surface area contributed by atoms with Crippen LogP contribution in [-0.4, -0.2) is 95.9 Å². The van der Waals surface area contributed by atoms with Crippen LogP contribution in [0.5, 0.6) is 0 Å². The van der Waals surface area contributed by atoms with E-state index in [0.29, 0.717) is 19.3 Å². The van der Waals surface area contributed by atoms with Gasteiger partial charge in [0.25, 0.3) is 0 Å². The molecule has 0 spiro atoms. The van der Waals surface area contributed by atoms with Crippen molar-refractivity contribution in [3.63, 3.8) is 0 Å². The van der Waals surface area contributed by atoms with E-state index in [1.165, 1.54) is 44.9 Å². The van der Waals surface area contributed by atoms with Gasteiger partial charge in [0.1, 0.15) is 25.4 Å². The highest BCUT2D eigenvalue weighted by Crippen LogP contribution is 2.45. The Kier molecular flexibility index (Phi) is 61.6. The lowest BCUT2D eigenvalue weighted by Gasteiger charge is -2.21. The second-order valence-corrected chi connectivity index (χ2v) is 25.5. The number of esters is 3. The summed E-state index contributed by atoms with van der Waals surface area (Å²) in [5.41, 5.74) is 0. The van der Waals surface area contributed by atoms with Crippen molar-refractivity contribution in [2.45, 2.75) is 283 Å². The molecule has 0 radical (unpaired) electrons. The van der Waals surface area contributed by atoms with Crippen molar-refractivity contribution < 1.29 is 75.8 Å². The van der Waals surface area contributed by atoms with E-state index in [-0.39, 0.29) is 19.3 Å². The molecule has 16 nitrogen and oxygen atoms in total. The normalized spacial score (nSPS) is 14.9. The van der Waals surface area contributed by atoms with Crippen molar-refractivity contribution in [1.82, 2.24) is 0 Å². The standard InChI is InChI=1S/C71H122O16P2/c1-4-7-10-13-16-19-22-25-27-28-29-30-31-32-33-34-35-36-38-41-42-45-48-51-54-57-69(74)81-60-66(72)61-83-88(77,78)84-62-67(73)63-85-89(79,80)86-65-68(87-71(76)59-56-53-50-47-44-39-24-21-18-15-12-9-6-3)64-82-70(75)58-55-52-49-46-43-40-37-26-23-20-17-14-11-8-5-2/h7,10,12,15-17,19-21,24-27,29-30,32-33,37,66-68,72-73H,4-6,8-9,11,13-14,18,22-23,28,31,34-36,38-65H2,1-3H3,(H,77,78)(H,79,80)/b10-7-,15-12-,19-16-,20-17-,24-21-,27-25-,30-29-,33-32-,37-26-. The molecule has 0 fully saturated rings. The topological polar surface area (TPSA) is 231 Å². The predicted molar refractivity (Wildman–Crippen MR) is 362 cm³/mol. The zero-order valence-electron chi connectivity index (χ0n) is 55.3. The second kappa shape index (κ2) is 64.3. The number of hydrogen-bond acceptors (Lipinski definition) is 14. The van der Waals surface area contributed by atoms with Gasteiger partial charge in [-0.15, -0.1) is 0 Å². The Morgan fingerprint density at radius 2 is 0.618 bits per heavy atom. The molecule has 0 aromatic rings. The fourth-order valence-electron chi connectivity index (χ4n) is 8.72. The molecule has 0 aromatic heterocycles. The molecule has 89 heavy (non-hydrogen) atoms. The number of aliphatic hydroxyl groups excluding tert-OH is 2. The van der Waals surface area contributed by atoms with Gasteiger partial charge in [0.15, 0.2) is 6.10 Å². The lowest BCUT2D eigenvalue weighted by atomic mass is 10.1. The van der Waals surface area contributed by atoms with E-state index in [0.717, 1.165) is 161 Å². The number of phosphoric acid groups is 2. The van der Waals surface area contributed by atoms with E-state index in [1.807, 2.05) is 0 Å². The van der Waals surface area contributed by atoms with E-state index in [2.05, 4.69) is 130 Å². The van der Waals surface area contributed by atoms with Crippen LogP contribution in [0.4, 0.5) is 0 Å². The van der Waals surface area contributed by atoms with Crippen LogP contribution in [0.3, 0.4) is 0 Å². The van der Waals surface area contributed by atoms with Gasteiger partial charge in [0.05, 0.1) is 26.4 Å². The maximum Gasteiger partial charge on any atom is 0.472 e. The maximum absolute atomic E-state index is 12.9. The minimum Gasteiger partial charge on any atom is -0.463 e. The third-order valence-corrected chi connectivity index (χ3v) is 15.8. The summed E-state index contributed by atoms with van der Waals surface area (Å²) in [4.78, 5) is 58.3. The molecule has 5 unspecified atom stereocenters. The quantitative estimate of drug-likeness (QED) is 0.0146. The molecule has 18 heteroatoms. The Morgan fingerprint density at radius 3 is 0.989 bits per heavy atom. The molecule has 0 aromatic carbocycles. The van der Waals surface area contributed by atoms with Crippen molar-refractivity contribution in [1.29, 1.82) is 0 Å². The van der Waals surface area contributed by atoms with Gasteiger partial charge in [-0.3, -0.25) is 32.5 Å². The molecule has 0 amide bonds. The number of carbonyl (C=O) groups is 3. The van der Waals surface area contributed by atoms with Crippen molar-refractivity contribution in [2.24, 2.45) is 0 Å². The maximum atomic E-state index is 12.9. The lowest BCUT2D eigenvalue weighted by Crippen LogP contribution is -2.30. The summed E-state index contributed by atoms with van der Waals surface area (Å²) in [7, 11) is -9.78. The Hall–Kier alpha value is -3.79. The summed E-state index contributed by atoms with van der Waals surface area (Å²) in [6.45, 7) is 2.41. The Bertz CT molecular complexity index is 2060. The van der Waals surface area contributed by atoms with E-state index < -0.39 is 91.5 Å². The van der Waals surface area contributed by atoms with Crippen molar-refractivity contribution in [2.75, 3.05) is 39.6 Å². The number of hydrogen-bond donors (Lipinski definition) is 4. The lowest BCUT2D eigenvalue weighted by molar-refractivity contribution is -0.161. The van der Waals surface area contributed by atoms with E-state index in [9.17, 15) is 43.5 Å². The first kappa shape index (κ1) is 85.2. The molecule has 4 N–H and O–H groups in total. The molecule has 0 bridgehead atoms. The van der Waals surface area contributed by atoms with Gasteiger partial charge < -0.3 is 34.2 Å². The highest BCUT2D eigenvalue weighted by Gasteiger charge is 2.29. The van der Waals surface area contributed by atoms with Crippen LogP contribution in [0.2, 0.25) is 0 Å². The molecular weight excluding hydrogens is 1170 g/mol. The minimum absolute atomic E-state index is 0.0841. The average molecular weight is 1290 g/mol. The van der Waals surface area contributed by atoms with Crippen LogP contribution >= 0.6 is 15.6 Å². The van der Waals surface area contributed by atoms with E-state index in [1.54, 1.807) is 0 Å². The zero-order chi connectivity index (χ0) is 65.3. The highest BCUT2D eigenvalue weighted by atomic mass is 31.2. The van der Waals surface area contributed by atoms with Crippen molar-refractivity contribution in [3.8, 4) is 0 Å². The summed E-state index contributed by atoms with van der Waals surface area (Å²) in [6.07, 6.45) is 71.5. The molecule has 0 saturated carbocycles. The second-order valence-electron chi connectivity index (χ2n) is 22.6. The molecule has 0 aliphatic carbocycles. The third kappa shape index (κ3) is 65.5. The summed E-state index contributed by atoms with van der Waals surface area (Å²) in [6, 6.07) is 0. The summed E-state index contributed by atoms with van der Waals surface area (Å²) >= 11 is 0. The smallest absolute Gasteiger partial charge is 0.463 e. The number of allylic oxidation sites excluding steroid dienone is 18. The number of rotatable bonds is 64. The van der Waals surface area contributed by atoms with Crippen molar-refractivity contribution in [3.05, 3.63) is 109 Å². The first-order chi connectivity index (χ1) is 43.2. The molecule has 512 valence electrons. The average Bonchev–Trinajstić information content (AvgIpc) is 3.70. The molecule has 0 rings (SSSR count). The SMILES string of the molecule is CC/C=C\C/C=C\C/C=C\C/C=C\C/C=C\CCCCCCCCCCCC(=O)OCC(O)COP(=O)(O)OCC(O)COP(=O)(O)OCC(COC(=O)CCCCCCC/C=C\C/C=C\CCCCC)OC(=O)CCCCCCC/C=C\C/C=C\CCC. The fraction of sp³-hybridized carbons (Fsp3) is 0.704. The number of carbonyl (C=O) groups excluding carboxylic acids is 3. The highest BCUT2D eigenvalue weighted by molar-refractivity contribution is 7.47. The van der Waals surface area contributed by atoms with Crippen LogP contribution < -0.4 is 0 Å². The van der Waals surface area contributed by atoms with E-state index >= 15 is 0 Å². The van der Waals surface area contributed by atoms with Crippen LogP contribution in [0, 0.1) is 0 Å². The molecule has 0 saturated heterocycles. The summed E-state index contributed by atoms with van der Waals surface area (Å²) in [5.74, 6) is -1.61. The van der Waals surface area contributed by atoms with Gasteiger partial charge in [-0.05, 0) is 122 Å². The summed E-state index contributed by atoms with van der Waals surface area (Å²) < 4.78 is 60.8. The number of phosphoric ester groups is 2. The van der Waals surface area contributed by atoms with Gasteiger partial charge >= 0.3 is 33.6 Å². The predicted octanol–water partition coefficient (Wildman–Crippen LogP) is 18.9.